The van der Waals surface area contributed by atoms with Gasteiger partial charge in [-0.2, -0.15) is 9.61 Å². The highest BCUT2D eigenvalue weighted by Gasteiger charge is 2.15. The lowest BCUT2D eigenvalue weighted by Gasteiger charge is -2.23. The second-order valence-corrected chi connectivity index (χ2v) is 5.63. The summed E-state index contributed by atoms with van der Waals surface area (Å²) in [4.78, 5) is 4.55. The molecule has 96 valence electrons. The molecule has 6 heteroatoms. The van der Waals surface area contributed by atoms with Crippen molar-refractivity contribution in [1.82, 2.24) is 14.6 Å². The molecule has 1 aliphatic rings. The summed E-state index contributed by atoms with van der Waals surface area (Å²) in [6, 6.07) is 2.37. The summed E-state index contributed by atoms with van der Waals surface area (Å²) < 4.78 is 2.50. The smallest absolute Gasteiger partial charge is 0.173 e. The van der Waals surface area contributed by atoms with E-state index in [0.29, 0.717) is 11.9 Å². The Kier molecular flexibility index (Phi) is 3.11. The molecule has 1 fully saturated rings. The van der Waals surface area contributed by atoms with E-state index >= 15 is 0 Å². The van der Waals surface area contributed by atoms with Gasteiger partial charge in [0.25, 0.3) is 0 Å². The van der Waals surface area contributed by atoms with Gasteiger partial charge in [-0.3, -0.25) is 0 Å². The molecule has 0 aliphatic heterocycles. The van der Waals surface area contributed by atoms with E-state index in [1.807, 2.05) is 6.07 Å². The third kappa shape index (κ3) is 2.16. The van der Waals surface area contributed by atoms with Gasteiger partial charge in [0.1, 0.15) is 11.6 Å². The largest absolute Gasteiger partial charge is 0.383 e. The minimum Gasteiger partial charge on any atom is -0.383 e. The Morgan fingerprint density at radius 3 is 2.89 bits per heavy atom. The highest BCUT2D eigenvalue weighted by molar-refractivity contribution is 9.10. The summed E-state index contributed by atoms with van der Waals surface area (Å²) in [5.74, 6) is 1.44. The van der Waals surface area contributed by atoms with E-state index in [0.717, 1.165) is 15.9 Å². The normalized spacial score (nSPS) is 17.2. The van der Waals surface area contributed by atoms with Gasteiger partial charge in [-0.25, -0.2) is 4.98 Å². The predicted molar refractivity (Wildman–Crippen MR) is 75.6 cm³/mol. The zero-order valence-electron chi connectivity index (χ0n) is 10.1. The topological polar surface area (TPSA) is 68.2 Å². The molecular formula is C12H16BrN5. The highest BCUT2D eigenvalue weighted by Crippen LogP contribution is 2.24. The monoisotopic (exact) mass is 309 g/mol. The number of rotatable bonds is 2. The molecule has 0 aromatic carbocycles. The van der Waals surface area contributed by atoms with E-state index in [2.05, 4.69) is 31.3 Å². The Morgan fingerprint density at radius 2 is 2.11 bits per heavy atom. The van der Waals surface area contributed by atoms with Crippen molar-refractivity contribution < 1.29 is 0 Å². The van der Waals surface area contributed by atoms with Crippen LogP contribution in [0.3, 0.4) is 0 Å². The minimum atomic E-state index is 0.523. The van der Waals surface area contributed by atoms with Gasteiger partial charge in [0.2, 0.25) is 0 Å². The average molecular weight is 310 g/mol. The number of nitrogens with two attached hydrogens (primary N) is 1. The first-order chi connectivity index (χ1) is 8.74. The number of nitrogens with zero attached hydrogens (tertiary/aromatic N) is 3. The Labute approximate surface area is 114 Å². The number of halogens is 1. The summed E-state index contributed by atoms with van der Waals surface area (Å²) in [6.07, 6.45) is 8.09. The van der Waals surface area contributed by atoms with Gasteiger partial charge in [0.15, 0.2) is 5.65 Å². The van der Waals surface area contributed by atoms with Crippen LogP contribution < -0.4 is 11.1 Å². The molecule has 0 bridgehead atoms. The van der Waals surface area contributed by atoms with Gasteiger partial charge in [-0.15, -0.1) is 0 Å². The van der Waals surface area contributed by atoms with Crippen LogP contribution in [-0.4, -0.2) is 20.6 Å². The van der Waals surface area contributed by atoms with Crippen molar-refractivity contribution >= 4 is 33.2 Å². The fourth-order valence-electron chi connectivity index (χ4n) is 2.49. The number of fused-ring (bicyclic) bond motifs is 1. The summed E-state index contributed by atoms with van der Waals surface area (Å²) in [5.41, 5.74) is 6.73. The van der Waals surface area contributed by atoms with Crippen LogP contribution >= 0.6 is 15.9 Å². The lowest BCUT2D eigenvalue weighted by molar-refractivity contribution is 0.462. The third-order valence-corrected chi connectivity index (χ3v) is 3.97. The van der Waals surface area contributed by atoms with Crippen molar-refractivity contribution in [2.45, 2.75) is 38.1 Å². The molecular weight excluding hydrogens is 294 g/mol. The van der Waals surface area contributed by atoms with Crippen molar-refractivity contribution in [2.24, 2.45) is 0 Å². The van der Waals surface area contributed by atoms with E-state index in [1.54, 1.807) is 10.7 Å². The van der Waals surface area contributed by atoms with Crippen LogP contribution in [0.5, 0.6) is 0 Å². The summed E-state index contributed by atoms with van der Waals surface area (Å²) in [7, 11) is 0. The number of hydrogen-bond acceptors (Lipinski definition) is 4. The number of nitrogens with one attached hydrogen (secondary N) is 1. The standard InChI is InChI=1S/C12H16BrN5/c13-9-7-15-18-10(14)6-11(17-12(9)18)16-8-4-2-1-3-5-8/h6-8H,1-5,14H2,(H,16,17). The number of anilines is 2. The molecule has 1 aliphatic carbocycles. The molecule has 3 N–H and O–H groups in total. The first kappa shape index (κ1) is 11.8. The Hall–Kier alpha value is -1.30. The van der Waals surface area contributed by atoms with E-state index in [1.165, 1.54) is 32.1 Å². The Balaban J connectivity index is 1.89. The van der Waals surface area contributed by atoms with Crippen molar-refractivity contribution in [3.63, 3.8) is 0 Å². The fraction of sp³-hybridized carbons (Fsp3) is 0.500. The van der Waals surface area contributed by atoms with Gasteiger partial charge in [-0.1, -0.05) is 19.3 Å². The van der Waals surface area contributed by atoms with Crippen molar-refractivity contribution in [3.05, 3.63) is 16.7 Å². The van der Waals surface area contributed by atoms with Gasteiger partial charge < -0.3 is 11.1 Å². The number of hydrogen-bond donors (Lipinski definition) is 2. The molecule has 0 radical (unpaired) electrons. The van der Waals surface area contributed by atoms with Gasteiger partial charge >= 0.3 is 0 Å². The zero-order valence-corrected chi connectivity index (χ0v) is 11.7. The number of nitrogen functional groups attached to an aromatic ring is 1. The van der Waals surface area contributed by atoms with E-state index in [9.17, 15) is 0 Å². The summed E-state index contributed by atoms with van der Waals surface area (Å²) >= 11 is 3.43. The fourth-order valence-corrected chi connectivity index (χ4v) is 2.84. The van der Waals surface area contributed by atoms with Crippen LogP contribution in [-0.2, 0) is 0 Å². The van der Waals surface area contributed by atoms with Crippen LogP contribution in [0.15, 0.2) is 16.7 Å². The average Bonchev–Trinajstić information content (AvgIpc) is 2.73. The van der Waals surface area contributed by atoms with Crippen LogP contribution in [0.4, 0.5) is 11.6 Å². The van der Waals surface area contributed by atoms with Crippen molar-refractivity contribution in [3.8, 4) is 0 Å². The van der Waals surface area contributed by atoms with Gasteiger partial charge in [0, 0.05) is 12.1 Å². The highest BCUT2D eigenvalue weighted by atomic mass is 79.9. The van der Waals surface area contributed by atoms with Crippen LogP contribution in [0.2, 0.25) is 0 Å². The lowest BCUT2D eigenvalue weighted by atomic mass is 9.95. The van der Waals surface area contributed by atoms with E-state index < -0.39 is 0 Å². The zero-order chi connectivity index (χ0) is 12.5. The predicted octanol–water partition coefficient (Wildman–Crippen LogP) is 2.82. The lowest BCUT2D eigenvalue weighted by Crippen LogP contribution is -2.23. The second-order valence-electron chi connectivity index (χ2n) is 4.77. The van der Waals surface area contributed by atoms with Gasteiger partial charge in [-0.05, 0) is 28.8 Å². The van der Waals surface area contributed by atoms with Gasteiger partial charge in [0.05, 0.1) is 10.7 Å². The number of aromatic nitrogens is 3. The maximum Gasteiger partial charge on any atom is 0.173 e. The molecule has 0 saturated heterocycles. The molecule has 5 nitrogen and oxygen atoms in total. The molecule has 0 spiro atoms. The maximum absolute atomic E-state index is 5.98. The quantitative estimate of drug-likeness (QED) is 0.895. The first-order valence-corrected chi connectivity index (χ1v) is 7.09. The minimum absolute atomic E-state index is 0.523. The third-order valence-electron chi connectivity index (χ3n) is 3.41. The van der Waals surface area contributed by atoms with Crippen molar-refractivity contribution in [2.75, 3.05) is 11.1 Å². The maximum atomic E-state index is 5.98. The summed E-state index contributed by atoms with van der Waals surface area (Å²) in [5, 5.41) is 7.64. The van der Waals surface area contributed by atoms with Crippen molar-refractivity contribution in [1.29, 1.82) is 0 Å². The molecule has 18 heavy (non-hydrogen) atoms. The molecule has 0 amide bonds. The van der Waals surface area contributed by atoms with E-state index in [4.69, 9.17) is 5.73 Å². The molecule has 2 aromatic heterocycles. The molecule has 2 aromatic rings. The summed E-state index contributed by atoms with van der Waals surface area (Å²) in [6.45, 7) is 0. The SMILES string of the molecule is Nc1cc(NC2CCCCC2)nc2c(Br)cnn12. The molecule has 3 rings (SSSR count). The van der Waals surface area contributed by atoms with Crippen LogP contribution in [0.25, 0.3) is 5.65 Å². The van der Waals surface area contributed by atoms with Crippen LogP contribution in [0, 0.1) is 0 Å². The molecule has 0 atom stereocenters. The second kappa shape index (κ2) is 4.76. The Morgan fingerprint density at radius 1 is 1.33 bits per heavy atom. The first-order valence-electron chi connectivity index (χ1n) is 6.30. The molecule has 0 unspecified atom stereocenters. The molecule has 2 heterocycles. The Bertz CT molecular complexity index is 559. The van der Waals surface area contributed by atoms with E-state index in [-0.39, 0.29) is 0 Å². The van der Waals surface area contributed by atoms with Crippen LogP contribution in [0.1, 0.15) is 32.1 Å². The molecule has 1 saturated carbocycles.